The van der Waals surface area contributed by atoms with Crippen LogP contribution in [0.3, 0.4) is 0 Å². The van der Waals surface area contributed by atoms with Gasteiger partial charge in [-0.15, -0.1) is 0 Å². The van der Waals surface area contributed by atoms with E-state index in [0.717, 1.165) is 0 Å². The maximum absolute atomic E-state index is 4.66. The molecule has 26 heavy (non-hydrogen) atoms. The topological polar surface area (TPSA) is 78.1 Å². The molecule has 0 aromatic carbocycles. The van der Waals surface area contributed by atoms with Crippen molar-refractivity contribution >= 4 is 87.5 Å². The summed E-state index contributed by atoms with van der Waals surface area (Å²) < 4.78 is 0.250. The Kier molecular flexibility index (Phi) is 44.6. The molecule has 0 heterocycles. The van der Waals surface area contributed by atoms with Crippen LogP contribution in [0.25, 0.3) is 0 Å². The average molecular weight is 556 g/mol. The summed E-state index contributed by atoms with van der Waals surface area (Å²) in [6.07, 6.45) is 16.1. The van der Waals surface area contributed by atoms with E-state index in [4.69, 9.17) is 0 Å². The second kappa shape index (κ2) is 33.6. The molecular formula is C16H33MoN3S6. The number of hydrogen-bond donors (Lipinski definition) is 3. The minimum absolute atomic E-state index is 0.0833. The normalized spacial score (nSPS) is 8.46. The number of nitrogens with two attached hydrogens (primary N) is 3. The van der Waals surface area contributed by atoms with Crippen LogP contribution in [0.4, 0.5) is 0 Å². The Labute approximate surface area is 205 Å². The Morgan fingerprint density at radius 1 is 0.615 bits per heavy atom. The van der Waals surface area contributed by atoms with Crippen molar-refractivity contribution in [2.45, 2.75) is 82.4 Å². The molecule has 0 spiro atoms. The zero-order valence-electron chi connectivity index (χ0n) is 15.6. The van der Waals surface area contributed by atoms with E-state index in [1.165, 1.54) is 75.4 Å². The molecule has 0 unspecified atom stereocenters. The second-order valence-electron chi connectivity index (χ2n) is 5.20. The van der Waals surface area contributed by atoms with Gasteiger partial charge in [-0.05, 0) is 0 Å². The Balaban J connectivity index is -0.000000164. The third-order valence-electron chi connectivity index (χ3n) is 2.75. The molecule has 0 bridgehead atoms. The Morgan fingerprint density at radius 2 is 0.808 bits per heavy atom. The summed E-state index contributed by atoms with van der Waals surface area (Å²) in [7, 11) is 0. The van der Waals surface area contributed by atoms with Crippen molar-refractivity contribution < 1.29 is 19.8 Å². The largest absolute Gasteiger partial charge is 0.415 e. The summed E-state index contributed by atoms with van der Waals surface area (Å²) in [5.41, 5.74) is 14.0. The SMILES string of the molecule is CCCCCCCCCCCC[CH2][Mo+3].NC(=S)[S-].NC(=S)[S-].NC(=S)[S-]. The molecule has 0 fully saturated rings. The molecule has 3 nitrogen and oxygen atoms in total. The van der Waals surface area contributed by atoms with Crippen LogP contribution in [0.15, 0.2) is 0 Å². The standard InChI is InChI=1S/C13H27.3CH3NS2.Mo/c1-3-5-7-9-11-13-12-10-8-6-4-2;3*2-1(3)4;/h1,3-13H2,2H3;3*(H3,2,3,4);/q;;;;+3/p-3. The van der Waals surface area contributed by atoms with E-state index >= 15 is 0 Å². The van der Waals surface area contributed by atoms with Crippen LogP contribution in [-0.4, -0.2) is 13.0 Å². The first-order chi connectivity index (χ1) is 12.1. The fourth-order valence-electron chi connectivity index (χ4n) is 1.77. The second-order valence-corrected chi connectivity index (χ2v) is 9.61. The van der Waals surface area contributed by atoms with Gasteiger partial charge in [0.2, 0.25) is 0 Å². The monoisotopic (exact) mass is 557 g/mol. The molecular weight excluding hydrogens is 523 g/mol. The maximum atomic E-state index is 4.66. The third kappa shape index (κ3) is 99.9. The zero-order chi connectivity index (χ0) is 21.2. The van der Waals surface area contributed by atoms with Crippen LogP contribution < -0.4 is 17.2 Å². The van der Waals surface area contributed by atoms with Gasteiger partial charge in [0.05, 0.1) is 0 Å². The summed E-state index contributed by atoms with van der Waals surface area (Å²) in [6, 6.07) is 0. The Morgan fingerprint density at radius 3 is 1.00 bits per heavy atom. The molecule has 0 aliphatic carbocycles. The van der Waals surface area contributed by atoms with E-state index in [2.05, 4.69) is 118 Å². The molecule has 0 saturated carbocycles. The smallest absolute Gasteiger partial charge is 0.0708 e. The van der Waals surface area contributed by atoms with E-state index in [-0.39, 0.29) is 13.0 Å². The molecule has 0 rings (SSSR count). The van der Waals surface area contributed by atoms with Crippen LogP contribution in [0.2, 0.25) is 4.81 Å². The summed E-state index contributed by atoms with van der Waals surface area (Å²) >= 11 is 27.0. The predicted octanol–water partition coefficient (Wildman–Crippen LogP) is 4.59. The summed E-state index contributed by atoms with van der Waals surface area (Å²) in [5, 5.41) is 0. The fourth-order valence-corrected chi connectivity index (χ4v) is 2.27. The summed E-state index contributed by atoms with van der Waals surface area (Å²) in [5.74, 6) is 0. The zero-order valence-corrected chi connectivity index (χ0v) is 22.5. The van der Waals surface area contributed by atoms with Crippen molar-refractivity contribution in [1.82, 2.24) is 0 Å². The molecule has 10 heteroatoms. The quantitative estimate of drug-likeness (QED) is 0.147. The van der Waals surface area contributed by atoms with E-state index in [1.807, 2.05) is 0 Å². The fraction of sp³-hybridized carbons (Fsp3) is 0.812. The summed E-state index contributed by atoms with van der Waals surface area (Å²) in [4.78, 5) is 1.38. The first kappa shape index (κ1) is 34.5. The number of thiocarbonyl (C=S) groups is 3. The van der Waals surface area contributed by atoms with Gasteiger partial charge in [-0.1, -0.05) is 19.9 Å². The van der Waals surface area contributed by atoms with E-state index < -0.39 is 0 Å². The van der Waals surface area contributed by atoms with Crippen molar-refractivity contribution in [2.75, 3.05) is 0 Å². The predicted molar refractivity (Wildman–Crippen MR) is 134 cm³/mol. The van der Waals surface area contributed by atoms with Gasteiger partial charge in [-0.3, -0.25) is 0 Å². The average Bonchev–Trinajstić information content (AvgIpc) is 2.47. The van der Waals surface area contributed by atoms with E-state index in [9.17, 15) is 0 Å². The van der Waals surface area contributed by atoms with Gasteiger partial charge in [-0.25, -0.2) is 0 Å². The van der Waals surface area contributed by atoms with Crippen molar-refractivity contribution in [3.05, 3.63) is 0 Å². The van der Waals surface area contributed by atoms with Crippen molar-refractivity contribution in [3.8, 4) is 0 Å². The minimum Gasteiger partial charge on any atom is -0.415 e. The van der Waals surface area contributed by atoms with Crippen molar-refractivity contribution in [3.63, 3.8) is 0 Å². The molecule has 0 amide bonds. The molecule has 6 N–H and O–H groups in total. The molecule has 0 aromatic heterocycles. The molecule has 0 atom stereocenters. The Bertz CT molecular complexity index is 268. The first-order valence-corrected chi connectivity index (χ1v) is 12.5. The molecule has 0 aromatic rings. The Hall–Kier alpha value is 1.02. The van der Waals surface area contributed by atoms with Crippen LogP contribution in [0, 0.1) is 0 Å². The third-order valence-corrected chi connectivity index (χ3v) is 3.46. The first-order valence-electron chi connectivity index (χ1n) is 8.59. The van der Waals surface area contributed by atoms with Crippen molar-refractivity contribution in [1.29, 1.82) is 0 Å². The van der Waals surface area contributed by atoms with Crippen LogP contribution >= 0.6 is 36.7 Å². The van der Waals surface area contributed by atoms with E-state index in [1.54, 1.807) is 0 Å². The van der Waals surface area contributed by atoms with Gasteiger partial charge < -0.3 is 91.7 Å². The number of rotatable bonds is 11. The summed E-state index contributed by atoms with van der Waals surface area (Å²) in [6.45, 7) is 2.29. The van der Waals surface area contributed by atoms with Crippen LogP contribution in [0.1, 0.15) is 77.6 Å². The van der Waals surface area contributed by atoms with Crippen molar-refractivity contribution in [2.24, 2.45) is 17.2 Å². The molecule has 0 aliphatic rings. The van der Waals surface area contributed by atoms with Gasteiger partial charge in [0, 0.05) is 0 Å². The molecule has 154 valence electrons. The molecule has 0 radical (unpaired) electrons. The van der Waals surface area contributed by atoms with Gasteiger partial charge in [-0.2, -0.15) is 0 Å². The van der Waals surface area contributed by atoms with E-state index in [0.29, 0.717) is 0 Å². The minimum atomic E-state index is 0.0833. The van der Waals surface area contributed by atoms with Gasteiger partial charge in [0.25, 0.3) is 0 Å². The maximum Gasteiger partial charge on any atom is -0.0708 e. The molecule has 0 saturated heterocycles. The van der Waals surface area contributed by atoms with Gasteiger partial charge in [0.1, 0.15) is 0 Å². The van der Waals surface area contributed by atoms with Crippen LogP contribution in [-0.2, 0) is 57.7 Å². The van der Waals surface area contributed by atoms with Gasteiger partial charge >= 0.3 is 95.3 Å². The van der Waals surface area contributed by atoms with Crippen LogP contribution in [0.5, 0.6) is 0 Å². The number of hydrogen-bond acceptors (Lipinski definition) is 6. The van der Waals surface area contributed by atoms with Gasteiger partial charge in [0.15, 0.2) is 0 Å². The molecule has 0 aliphatic heterocycles. The number of unbranched alkanes of at least 4 members (excludes halogenated alkanes) is 10.